The summed E-state index contributed by atoms with van der Waals surface area (Å²) in [4.78, 5) is 20.0. The summed E-state index contributed by atoms with van der Waals surface area (Å²) in [5.41, 5.74) is 1.11. The fourth-order valence-electron chi connectivity index (χ4n) is 2.86. The molecular weight excluding hydrogens is 331 g/mol. The highest BCUT2D eigenvalue weighted by Crippen LogP contribution is 2.37. The van der Waals surface area contributed by atoms with Crippen molar-refractivity contribution in [3.05, 3.63) is 42.1 Å². The first-order valence-corrected chi connectivity index (χ1v) is 7.95. The number of ketones is 1. The lowest BCUT2D eigenvalue weighted by atomic mass is 10.0. The number of aromatic nitrogens is 1. The smallest absolute Gasteiger partial charge is 0.343 e. The molecule has 0 fully saturated rings. The van der Waals surface area contributed by atoms with E-state index < -0.39 is 11.7 Å². The molecule has 132 valence electrons. The Labute approximate surface area is 143 Å². The molecule has 0 amide bonds. The second-order valence-corrected chi connectivity index (χ2v) is 6.07. The minimum absolute atomic E-state index is 0.103. The third-order valence-electron chi connectivity index (χ3n) is 4.22. The zero-order valence-corrected chi connectivity index (χ0v) is 14.0. The number of hydrogen-bond acceptors (Lipinski definition) is 4. The molecule has 3 rings (SSSR count). The highest BCUT2D eigenvalue weighted by molar-refractivity contribution is 5.87. The number of anilines is 2. The average molecular weight is 349 g/mol. The van der Waals surface area contributed by atoms with Gasteiger partial charge in [-0.15, -0.1) is 0 Å². The van der Waals surface area contributed by atoms with Crippen molar-refractivity contribution in [3.8, 4) is 11.1 Å². The molecule has 0 bridgehead atoms. The normalized spacial score (nSPS) is 14.0. The van der Waals surface area contributed by atoms with E-state index in [9.17, 15) is 18.0 Å². The Morgan fingerprint density at radius 1 is 1.24 bits per heavy atom. The van der Waals surface area contributed by atoms with Crippen LogP contribution in [0, 0.1) is 0 Å². The van der Waals surface area contributed by atoms with E-state index in [1.165, 1.54) is 6.07 Å². The number of rotatable bonds is 4. The SMILES string of the molecule is CCC(=O)CN1CN(C)c2ncc(-c3cccc(C(F)(F)F)c3)cc21. The van der Waals surface area contributed by atoms with Gasteiger partial charge in [-0.05, 0) is 23.8 Å². The molecule has 0 radical (unpaired) electrons. The van der Waals surface area contributed by atoms with Gasteiger partial charge in [0.15, 0.2) is 11.6 Å². The molecule has 1 aromatic heterocycles. The molecule has 2 aromatic rings. The van der Waals surface area contributed by atoms with Crippen LogP contribution < -0.4 is 9.80 Å². The molecule has 0 saturated heterocycles. The molecule has 4 nitrogen and oxygen atoms in total. The molecule has 0 aliphatic carbocycles. The largest absolute Gasteiger partial charge is 0.416 e. The third kappa shape index (κ3) is 3.45. The highest BCUT2D eigenvalue weighted by atomic mass is 19.4. The number of pyridine rings is 1. The van der Waals surface area contributed by atoms with Crippen LogP contribution in [0.15, 0.2) is 36.5 Å². The lowest BCUT2D eigenvalue weighted by Crippen LogP contribution is -2.32. The first-order chi connectivity index (χ1) is 11.8. The maximum Gasteiger partial charge on any atom is 0.416 e. The molecule has 0 spiro atoms. The Balaban J connectivity index is 1.98. The van der Waals surface area contributed by atoms with E-state index in [0.29, 0.717) is 24.2 Å². The fraction of sp³-hybridized carbons (Fsp3) is 0.333. The maximum atomic E-state index is 12.9. The summed E-state index contributed by atoms with van der Waals surface area (Å²) in [5, 5.41) is 0. The lowest BCUT2D eigenvalue weighted by molar-refractivity contribution is -0.137. The Bertz CT molecular complexity index is 804. The second kappa shape index (κ2) is 6.38. The molecule has 7 heteroatoms. The number of carbonyl (C=O) groups is 1. The van der Waals surface area contributed by atoms with Crippen LogP contribution in [0.25, 0.3) is 11.1 Å². The van der Waals surface area contributed by atoms with Crippen LogP contribution in [-0.2, 0) is 11.0 Å². The van der Waals surface area contributed by atoms with Crippen LogP contribution in [-0.4, -0.2) is 31.0 Å². The van der Waals surface area contributed by atoms with Gasteiger partial charge in [0.2, 0.25) is 0 Å². The van der Waals surface area contributed by atoms with Crippen LogP contribution in [0.4, 0.5) is 24.7 Å². The van der Waals surface area contributed by atoms with E-state index >= 15 is 0 Å². The van der Waals surface area contributed by atoms with Gasteiger partial charge in [0.1, 0.15) is 0 Å². The van der Waals surface area contributed by atoms with Crippen LogP contribution >= 0.6 is 0 Å². The third-order valence-corrected chi connectivity index (χ3v) is 4.22. The van der Waals surface area contributed by atoms with E-state index in [0.717, 1.165) is 23.6 Å². The summed E-state index contributed by atoms with van der Waals surface area (Å²) >= 11 is 0. The summed E-state index contributed by atoms with van der Waals surface area (Å²) in [7, 11) is 1.87. The van der Waals surface area contributed by atoms with Gasteiger partial charge >= 0.3 is 6.18 Å². The molecule has 0 N–H and O–H groups in total. The predicted molar refractivity (Wildman–Crippen MR) is 90.6 cm³/mol. The number of alkyl halides is 3. The van der Waals surface area contributed by atoms with E-state index in [-0.39, 0.29) is 12.3 Å². The van der Waals surface area contributed by atoms with E-state index in [2.05, 4.69) is 4.98 Å². The van der Waals surface area contributed by atoms with Crippen molar-refractivity contribution in [2.24, 2.45) is 0 Å². The Morgan fingerprint density at radius 3 is 2.68 bits per heavy atom. The molecular formula is C18H18F3N3O. The van der Waals surface area contributed by atoms with Crippen LogP contribution in [0.3, 0.4) is 0 Å². The van der Waals surface area contributed by atoms with Crippen LogP contribution in [0.2, 0.25) is 0 Å². The van der Waals surface area contributed by atoms with Gasteiger partial charge in [-0.25, -0.2) is 4.98 Å². The highest BCUT2D eigenvalue weighted by Gasteiger charge is 2.31. The molecule has 0 saturated carbocycles. The summed E-state index contributed by atoms with van der Waals surface area (Å²) < 4.78 is 38.8. The Morgan fingerprint density at radius 2 is 2.00 bits per heavy atom. The number of fused-ring (bicyclic) bond motifs is 1. The first-order valence-electron chi connectivity index (χ1n) is 7.95. The Kier molecular flexibility index (Phi) is 4.41. The van der Waals surface area contributed by atoms with Crippen LogP contribution in [0.1, 0.15) is 18.9 Å². The topological polar surface area (TPSA) is 36.4 Å². The molecule has 1 aromatic carbocycles. The zero-order chi connectivity index (χ0) is 18.2. The summed E-state index contributed by atoms with van der Waals surface area (Å²) in [6.45, 7) is 2.60. The van der Waals surface area contributed by atoms with E-state index in [1.807, 2.05) is 16.8 Å². The maximum absolute atomic E-state index is 12.9. The van der Waals surface area contributed by atoms with Crippen molar-refractivity contribution in [3.63, 3.8) is 0 Å². The van der Waals surface area contributed by atoms with Crippen molar-refractivity contribution in [2.45, 2.75) is 19.5 Å². The minimum atomic E-state index is -4.39. The van der Waals surface area contributed by atoms with Gasteiger partial charge < -0.3 is 9.80 Å². The summed E-state index contributed by atoms with van der Waals surface area (Å²) in [6, 6.07) is 6.97. The molecule has 2 heterocycles. The standard InChI is InChI=1S/C18H18F3N3O/c1-3-15(25)10-24-11-23(2)17-16(24)8-13(9-22-17)12-5-4-6-14(7-12)18(19,20)21/h4-9H,3,10-11H2,1-2H3. The predicted octanol–water partition coefficient (Wildman–Crippen LogP) is 3.96. The quantitative estimate of drug-likeness (QED) is 0.837. The molecule has 1 aliphatic rings. The van der Waals surface area contributed by atoms with Gasteiger partial charge in [-0.1, -0.05) is 19.1 Å². The molecule has 25 heavy (non-hydrogen) atoms. The zero-order valence-electron chi connectivity index (χ0n) is 14.0. The number of hydrogen-bond donors (Lipinski definition) is 0. The number of carbonyl (C=O) groups excluding carboxylic acids is 1. The number of benzene rings is 1. The van der Waals surface area contributed by atoms with Gasteiger partial charge in [-0.2, -0.15) is 13.2 Å². The van der Waals surface area contributed by atoms with Gasteiger partial charge in [0.25, 0.3) is 0 Å². The monoisotopic (exact) mass is 349 g/mol. The van der Waals surface area contributed by atoms with Gasteiger partial charge in [0, 0.05) is 25.2 Å². The summed E-state index contributed by atoms with van der Waals surface area (Å²) in [5.74, 6) is 0.824. The molecule has 0 unspecified atom stereocenters. The molecule has 0 atom stereocenters. The van der Waals surface area contributed by atoms with Crippen molar-refractivity contribution in [1.82, 2.24) is 4.98 Å². The lowest BCUT2D eigenvalue weighted by Gasteiger charge is -2.18. The van der Waals surface area contributed by atoms with Crippen molar-refractivity contribution < 1.29 is 18.0 Å². The van der Waals surface area contributed by atoms with Crippen molar-refractivity contribution >= 4 is 17.3 Å². The number of nitrogens with zero attached hydrogens (tertiary/aromatic N) is 3. The van der Waals surface area contributed by atoms with Gasteiger partial charge in [-0.3, -0.25) is 4.79 Å². The average Bonchev–Trinajstić information content (AvgIpc) is 2.89. The van der Waals surface area contributed by atoms with E-state index in [1.54, 1.807) is 25.3 Å². The molecule has 1 aliphatic heterocycles. The minimum Gasteiger partial charge on any atom is -0.343 e. The van der Waals surface area contributed by atoms with E-state index in [4.69, 9.17) is 0 Å². The number of Topliss-reactive ketones (excluding diaryl/α,β-unsaturated/α-hetero) is 1. The fourth-order valence-corrected chi connectivity index (χ4v) is 2.86. The number of halogens is 3. The van der Waals surface area contributed by atoms with Crippen LogP contribution in [0.5, 0.6) is 0 Å². The Hall–Kier alpha value is -2.57. The van der Waals surface area contributed by atoms with Crippen molar-refractivity contribution in [1.29, 1.82) is 0 Å². The summed E-state index contributed by atoms with van der Waals surface area (Å²) in [6.07, 6.45) is -2.38. The first kappa shape index (κ1) is 17.3. The van der Waals surface area contributed by atoms with Crippen molar-refractivity contribution in [2.75, 3.05) is 30.1 Å². The van der Waals surface area contributed by atoms with Gasteiger partial charge in [0.05, 0.1) is 24.5 Å². The second-order valence-electron chi connectivity index (χ2n) is 6.07.